The highest BCUT2D eigenvalue weighted by molar-refractivity contribution is 5.92. The van der Waals surface area contributed by atoms with E-state index >= 15 is 0 Å². The molecule has 3 rings (SSSR count). The number of nitro groups is 1. The standard InChI is InChI=1S/C15H19N3O3/c1-10(11-6-7-11)17(12-8-9-12)15(19)16-13-4-2-3-5-14(13)18(20)21/h2-5,10-12H,6-9H2,1H3,(H,16,19)/t10-/m0/s1. The molecule has 6 heteroatoms. The second kappa shape index (κ2) is 5.35. The van der Waals surface area contributed by atoms with Crippen molar-refractivity contribution in [2.75, 3.05) is 5.32 Å². The first-order valence-corrected chi connectivity index (χ1v) is 7.40. The maximum absolute atomic E-state index is 12.5. The van der Waals surface area contributed by atoms with Crippen LogP contribution in [0.15, 0.2) is 24.3 Å². The Bertz CT molecular complexity index is 567. The summed E-state index contributed by atoms with van der Waals surface area (Å²) in [4.78, 5) is 25.0. The molecule has 2 aliphatic carbocycles. The first-order valence-electron chi connectivity index (χ1n) is 7.40. The van der Waals surface area contributed by atoms with E-state index in [0.29, 0.717) is 12.0 Å². The molecule has 21 heavy (non-hydrogen) atoms. The fourth-order valence-corrected chi connectivity index (χ4v) is 2.76. The first kappa shape index (κ1) is 13.9. The van der Waals surface area contributed by atoms with Crippen LogP contribution in [0.2, 0.25) is 0 Å². The minimum atomic E-state index is -0.471. The molecule has 2 fully saturated rings. The highest BCUT2D eigenvalue weighted by Crippen LogP contribution is 2.40. The number of anilines is 1. The van der Waals surface area contributed by atoms with E-state index in [1.165, 1.54) is 18.9 Å². The Balaban J connectivity index is 1.76. The van der Waals surface area contributed by atoms with E-state index in [1.807, 2.05) is 4.90 Å². The quantitative estimate of drug-likeness (QED) is 0.666. The summed E-state index contributed by atoms with van der Waals surface area (Å²) < 4.78 is 0. The number of nitrogens with zero attached hydrogens (tertiary/aromatic N) is 2. The summed E-state index contributed by atoms with van der Waals surface area (Å²) in [5.74, 6) is 0.585. The molecule has 2 amide bonds. The average Bonchev–Trinajstić information content (AvgIpc) is 3.31. The van der Waals surface area contributed by atoms with Gasteiger partial charge in [0.05, 0.1) is 4.92 Å². The highest BCUT2D eigenvalue weighted by atomic mass is 16.6. The van der Waals surface area contributed by atoms with Crippen LogP contribution in [0, 0.1) is 16.0 Å². The smallest absolute Gasteiger partial charge is 0.319 e. The van der Waals surface area contributed by atoms with Crippen LogP contribution in [0.3, 0.4) is 0 Å². The Hall–Kier alpha value is -2.11. The molecule has 6 nitrogen and oxygen atoms in total. The maximum Gasteiger partial charge on any atom is 0.322 e. The van der Waals surface area contributed by atoms with Gasteiger partial charge < -0.3 is 10.2 Å². The van der Waals surface area contributed by atoms with Crippen LogP contribution in [0.1, 0.15) is 32.6 Å². The van der Waals surface area contributed by atoms with Crippen LogP contribution in [0.5, 0.6) is 0 Å². The third-order valence-corrected chi connectivity index (χ3v) is 4.26. The zero-order valence-electron chi connectivity index (χ0n) is 12.0. The molecule has 0 radical (unpaired) electrons. The number of rotatable bonds is 5. The molecule has 1 aromatic carbocycles. The molecule has 1 atom stereocenters. The van der Waals surface area contributed by atoms with Gasteiger partial charge in [0.15, 0.2) is 0 Å². The molecule has 0 spiro atoms. The summed E-state index contributed by atoms with van der Waals surface area (Å²) in [6.45, 7) is 2.08. The molecule has 2 saturated carbocycles. The van der Waals surface area contributed by atoms with E-state index in [4.69, 9.17) is 0 Å². The van der Waals surface area contributed by atoms with E-state index in [1.54, 1.807) is 18.2 Å². The number of carbonyl (C=O) groups excluding carboxylic acids is 1. The van der Waals surface area contributed by atoms with Gasteiger partial charge in [0.25, 0.3) is 5.69 Å². The Kier molecular flexibility index (Phi) is 3.53. The van der Waals surface area contributed by atoms with Crippen molar-refractivity contribution >= 4 is 17.4 Å². The zero-order chi connectivity index (χ0) is 15.0. The number of nitrogens with one attached hydrogen (secondary N) is 1. The van der Waals surface area contributed by atoms with Crippen LogP contribution >= 0.6 is 0 Å². The largest absolute Gasteiger partial charge is 0.322 e. The van der Waals surface area contributed by atoms with Gasteiger partial charge in [-0.25, -0.2) is 4.79 Å². The lowest BCUT2D eigenvalue weighted by molar-refractivity contribution is -0.383. The number of hydrogen-bond acceptors (Lipinski definition) is 3. The Morgan fingerprint density at radius 2 is 2.00 bits per heavy atom. The Morgan fingerprint density at radius 3 is 2.57 bits per heavy atom. The van der Waals surface area contributed by atoms with Gasteiger partial charge in [-0.15, -0.1) is 0 Å². The molecule has 0 heterocycles. The van der Waals surface area contributed by atoms with Gasteiger partial charge in [-0.05, 0) is 44.6 Å². The second-order valence-electron chi connectivity index (χ2n) is 5.92. The van der Waals surface area contributed by atoms with Gasteiger partial charge in [0, 0.05) is 18.2 Å². The summed E-state index contributed by atoms with van der Waals surface area (Å²) in [7, 11) is 0. The fourth-order valence-electron chi connectivity index (χ4n) is 2.76. The molecule has 112 valence electrons. The van der Waals surface area contributed by atoms with E-state index in [9.17, 15) is 14.9 Å². The molecular weight excluding hydrogens is 270 g/mol. The van der Waals surface area contributed by atoms with E-state index < -0.39 is 4.92 Å². The predicted octanol–water partition coefficient (Wildman–Crippen LogP) is 3.39. The number of nitro benzene ring substituents is 1. The van der Waals surface area contributed by atoms with Crippen molar-refractivity contribution in [2.24, 2.45) is 5.92 Å². The summed E-state index contributed by atoms with van der Waals surface area (Å²) in [5, 5.41) is 13.7. The first-order chi connectivity index (χ1) is 10.1. The molecule has 0 saturated heterocycles. The third-order valence-electron chi connectivity index (χ3n) is 4.26. The van der Waals surface area contributed by atoms with Crippen molar-refractivity contribution in [1.29, 1.82) is 0 Å². The van der Waals surface area contributed by atoms with Gasteiger partial charge in [0.2, 0.25) is 0 Å². The minimum Gasteiger partial charge on any atom is -0.319 e. The van der Waals surface area contributed by atoms with Gasteiger partial charge >= 0.3 is 6.03 Å². The van der Waals surface area contributed by atoms with Crippen molar-refractivity contribution in [3.05, 3.63) is 34.4 Å². The van der Waals surface area contributed by atoms with Crippen molar-refractivity contribution in [1.82, 2.24) is 4.90 Å². The van der Waals surface area contributed by atoms with Gasteiger partial charge in [-0.2, -0.15) is 0 Å². The highest BCUT2D eigenvalue weighted by Gasteiger charge is 2.42. The van der Waals surface area contributed by atoms with Gasteiger partial charge in [-0.3, -0.25) is 10.1 Å². The van der Waals surface area contributed by atoms with Crippen LogP contribution in [-0.2, 0) is 0 Å². The SMILES string of the molecule is C[C@@H](C1CC1)N(C(=O)Nc1ccccc1[N+](=O)[O-])C1CC1. The van der Waals surface area contributed by atoms with E-state index in [0.717, 1.165) is 12.8 Å². The van der Waals surface area contributed by atoms with Crippen LogP contribution in [0.4, 0.5) is 16.2 Å². The van der Waals surface area contributed by atoms with Gasteiger partial charge in [-0.1, -0.05) is 12.1 Å². The van der Waals surface area contributed by atoms with Crippen LogP contribution < -0.4 is 5.32 Å². The summed E-state index contributed by atoms with van der Waals surface area (Å²) >= 11 is 0. The zero-order valence-corrected chi connectivity index (χ0v) is 12.0. The minimum absolute atomic E-state index is 0.0688. The molecule has 2 aliphatic rings. The molecule has 0 unspecified atom stereocenters. The predicted molar refractivity (Wildman–Crippen MR) is 79.2 cm³/mol. The number of hydrogen-bond donors (Lipinski definition) is 1. The van der Waals surface area contributed by atoms with Crippen LogP contribution in [0.25, 0.3) is 0 Å². The van der Waals surface area contributed by atoms with Crippen molar-refractivity contribution < 1.29 is 9.72 Å². The number of amides is 2. The number of carbonyl (C=O) groups is 1. The molecule has 1 N–H and O–H groups in total. The van der Waals surface area contributed by atoms with Crippen LogP contribution in [-0.4, -0.2) is 27.9 Å². The van der Waals surface area contributed by atoms with Gasteiger partial charge in [0.1, 0.15) is 5.69 Å². The van der Waals surface area contributed by atoms with E-state index in [2.05, 4.69) is 12.2 Å². The summed E-state index contributed by atoms with van der Waals surface area (Å²) in [6.07, 6.45) is 4.40. The summed E-state index contributed by atoms with van der Waals surface area (Å²) in [5.41, 5.74) is 0.196. The summed E-state index contributed by atoms with van der Waals surface area (Å²) in [6, 6.07) is 6.55. The molecular formula is C15H19N3O3. The lowest BCUT2D eigenvalue weighted by Crippen LogP contribution is -2.44. The number of urea groups is 1. The van der Waals surface area contributed by atoms with Crippen molar-refractivity contribution in [3.8, 4) is 0 Å². The second-order valence-corrected chi connectivity index (χ2v) is 5.92. The normalized spacial score (nSPS) is 18.9. The topological polar surface area (TPSA) is 75.5 Å². The number of benzene rings is 1. The Morgan fingerprint density at radius 1 is 1.33 bits per heavy atom. The maximum atomic E-state index is 12.5. The average molecular weight is 289 g/mol. The van der Waals surface area contributed by atoms with Crippen molar-refractivity contribution in [2.45, 2.75) is 44.7 Å². The molecule has 0 aliphatic heterocycles. The van der Waals surface area contributed by atoms with E-state index in [-0.39, 0.29) is 23.4 Å². The molecule has 0 bridgehead atoms. The van der Waals surface area contributed by atoms with Crippen molar-refractivity contribution in [3.63, 3.8) is 0 Å². The Labute approximate surface area is 123 Å². The lowest BCUT2D eigenvalue weighted by Gasteiger charge is -2.29. The number of para-hydroxylation sites is 2. The fraction of sp³-hybridized carbons (Fsp3) is 0.533. The molecule has 1 aromatic rings. The third kappa shape index (κ3) is 2.99. The molecule has 0 aromatic heterocycles. The lowest BCUT2D eigenvalue weighted by atomic mass is 10.2. The monoisotopic (exact) mass is 289 g/mol.